The van der Waals surface area contributed by atoms with Gasteiger partial charge >= 0.3 is 0 Å². The topological polar surface area (TPSA) is 57.8 Å². The molecule has 96 valence electrons. The van der Waals surface area contributed by atoms with Crippen LogP contribution >= 0.6 is 22.9 Å². The van der Waals surface area contributed by atoms with Crippen molar-refractivity contribution in [1.82, 2.24) is 9.97 Å². The number of benzene rings is 1. The molecule has 2 aromatic heterocycles. The summed E-state index contributed by atoms with van der Waals surface area (Å²) in [6.45, 7) is 0. The Morgan fingerprint density at radius 3 is 3.16 bits per heavy atom. The number of H-pyrrole nitrogens is 1. The van der Waals surface area contributed by atoms with Gasteiger partial charge in [-0.3, -0.25) is 4.79 Å². The number of nitrogens with one attached hydrogen (secondary N) is 2. The van der Waals surface area contributed by atoms with Crippen LogP contribution in [0.25, 0.3) is 10.9 Å². The first-order valence-corrected chi connectivity index (χ1v) is 6.93. The van der Waals surface area contributed by atoms with Crippen molar-refractivity contribution in [3.05, 3.63) is 46.6 Å². The van der Waals surface area contributed by atoms with E-state index in [1.165, 1.54) is 11.3 Å². The van der Waals surface area contributed by atoms with Crippen LogP contribution in [0.2, 0.25) is 5.02 Å². The molecular weight excluding hydrogens is 282 g/mol. The Balaban J connectivity index is 1.81. The first-order chi connectivity index (χ1) is 9.22. The molecule has 0 saturated carbocycles. The maximum absolute atomic E-state index is 11.9. The highest BCUT2D eigenvalue weighted by Crippen LogP contribution is 2.23. The van der Waals surface area contributed by atoms with Crippen LogP contribution in [0.4, 0.5) is 5.13 Å². The zero-order valence-corrected chi connectivity index (χ0v) is 11.4. The van der Waals surface area contributed by atoms with Gasteiger partial charge in [-0.25, -0.2) is 4.98 Å². The first kappa shape index (κ1) is 12.2. The average Bonchev–Trinajstić information content (AvgIpc) is 3.00. The third kappa shape index (κ3) is 2.62. The smallest absolute Gasteiger partial charge is 0.230 e. The van der Waals surface area contributed by atoms with Gasteiger partial charge in [-0.15, -0.1) is 11.3 Å². The van der Waals surface area contributed by atoms with Gasteiger partial charge in [-0.1, -0.05) is 11.6 Å². The van der Waals surface area contributed by atoms with Gasteiger partial charge in [-0.05, 0) is 23.8 Å². The molecule has 0 bridgehead atoms. The summed E-state index contributed by atoms with van der Waals surface area (Å²) in [5, 5.41) is 6.83. The maximum Gasteiger partial charge on any atom is 0.230 e. The summed E-state index contributed by atoms with van der Waals surface area (Å²) >= 11 is 7.37. The SMILES string of the molecule is O=C(Cc1c[nH]c2ccc(Cl)cc12)Nc1nccs1. The predicted octanol–water partition coefficient (Wildman–Crippen LogP) is 3.46. The Bertz CT molecular complexity index is 721. The van der Waals surface area contributed by atoms with Crippen LogP contribution in [0.3, 0.4) is 0 Å². The summed E-state index contributed by atoms with van der Waals surface area (Å²) in [5.74, 6) is -0.0872. The fourth-order valence-corrected chi connectivity index (χ4v) is 2.64. The van der Waals surface area contributed by atoms with Crippen LogP contribution < -0.4 is 5.32 Å². The van der Waals surface area contributed by atoms with Gasteiger partial charge in [0.2, 0.25) is 5.91 Å². The van der Waals surface area contributed by atoms with Crippen molar-refractivity contribution < 1.29 is 4.79 Å². The molecule has 0 atom stereocenters. The predicted molar refractivity (Wildman–Crippen MR) is 77.8 cm³/mol. The Morgan fingerprint density at radius 1 is 1.47 bits per heavy atom. The number of halogens is 1. The number of aromatic nitrogens is 2. The molecule has 1 amide bonds. The van der Waals surface area contributed by atoms with E-state index in [0.717, 1.165) is 16.5 Å². The number of thiazole rings is 1. The van der Waals surface area contributed by atoms with Gasteiger partial charge in [0.1, 0.15) is 0 Å². The zero-order chi connectivity index (χ0) is 13.2. The van der Waals surface area contributed by atoms with Crippen LogP contribution in [0, 0.1) is 0 Å². The third-order valence-electron chi connectivity index (χ3n) is 2.76. The number of aromatic amines is 1. The van der Waals surface area contributed by atoms with Gasteiger partial charge in [0, 0.05) is 33.7 Å². The summed E-state index contributed by atoms with van der Waals surface area (Å²) in [6.07, 6.45) is 3.79. The second-order valence-corrected chi connectivity index (χ2v) is 5.40. The largest absolute Gasteiger partial charge is 0.361 e. The van der Waals surface area contributed by atoms with Gasteiger partial charge in [0.05, 0.1) is 6.42 Å². The van der Waals surface area contributed by atoms with E-state index < -0.39 is 0 Å². The lowest BCUT2D eigenvalue weighted by molar-refractivity contribution is -0.115. The standard InChI is InChI=1S/C13H10ClN3OS/c14-9-1-2-11-10(6-9)8(7-16-11)5-12(18)17-13-15-3-4-19-13/h1-4,6-7,16H,5H2,(H,15,17,18). The van der Waals surface area contributed by atoms with Gasteiger partial charge in [-0.2, -0.15) is 0 Å². The first-order valence-electron chi connectivity index (χ1n) is 5.67. The van der Waals surface area contributed by atoms with Crippen LogP contribution in [0.15, 0.2) is 36.0 Å². The number of hydrogen-bond donors (Lipinski definition) is 2. The fourth-order valence-electron chi connectivity index (χ4n) is 1.92. The van der Waals surface area contributed by atoms with E-state index in [0.29, 0.717) is 16.6 Å². The van der Waals surface area contributed by atoms with Crippen molar-refractivity contribution in [3.63, 3.8) is 0 Å². The number of nitrogens with zero attached hydrogens (tertiary/aromatic N) is 1. The number of anilines is 1. The highest BCUT2D eigenvalue weighted by atomic mass is 35.5. The minimum Gasteiger partial charge on any atom is -0.361 e. The highest BCUT2D eigenvalue weighted by molar-refractivity contribution is 7.13. The third-order valence-corrected chi connectivity index (χ3v) is 3.68. The molecule has 0 saturated heterocycles. The molecule has 1 aromatic carbocycles. The van der Waals surface area contributed by atoms with Crippen LogP contribution in [-0.2, 0) is 11.2 Å². The molecule has 0 unspecified atom stereocenters. The second kappa shape index (κ2) is 5.03. The number of amides is 1. The van der Waals surface area contributed by atoms with Crippen LogP contribution in [0.5, 0.6) is 0 Å². The average molecular weight is 292 g/mol. The van der Waals surface area contributed by atoms with Crippen molar-refractivity contribution >= 4 is 44.9 Å². The summed E-state index contributed by atoms with van der Waals surface area (Å²) in [6, 6.07) is 5.58. The Kier molecular flexibility index (Phi) is 3.23. The van der Waals surface area contributed by atoms with Crippen molar-refractivity contribution in [1.29, 1.82) is 0 Å². The van der Waals surface area contributed by atoms with Crippen molar-refractivity contribution in [2.24, 2.45) is 0 Å². The summed E-state index contributed by atoms with van der Waals surface area (Å²) in [4.78, 5) is 19.1. The van der Waals surface area contributed by atoms with E-state index in [-0.39, 0.29) is 5.91 Å². The van der Waals surface area contributed by atoms with Crippen molar-refractivity contribution in [2.45, 2.75) is 6.42 Å². The Labute approximate surface area is 118 Å². The zero-order valence-electron chi connectivity index (χ0n) is 9.81. The van der Waals surface area contributed by atoms with Crippen molar-refractivity contribution in [3.8, 4) is 0 Å². The van der Waals surface area contributed by atoms with Gasteiger partial charge in [0.25, 0.3) is 0 Å². The monoisotopic (exact) mass is 291 g/mol. The summed E-state index contributed by atoms with van der Waals surface area (Å²) in [7, 11) is 0. The molecule has 0 aliphatic heterocycles. The lowest BCUT2D eigenvalue weighted by Gasteiger charge is -2.01. The molecule has 0 radical (unpaired) electrons. The van der Waals surface area contributed by atoms with E-state index >= 15 is 0 Å². The van der Waals surface area contributed by atoms with E-state index in [2.05, 4.69) is 15.3 Å². The molecule has 3 rings (SSSR count). The summed E-state index contributed by atoms with van der Waals surface area (Å²) < 4.78 is 0. The van der Waals surface area contributed by atoms with Crippen LogP contribution in [-0.4, -0.2) is 15.9 Å². The minimum absolute atomic E-state index is 0.0872. The van der Waals surface area contributed by atoms with Crippen LogP contribution in [0.1, 0.15) is 5.56 Å². The van der Waals surface area contributed by atoms with E-state index in [9.17, 15) is 4.79 Å². The molecule has 19 heavy (non-hydrogen) atoms. The number of rotatable bonds is 3. The molecule has 2 N–H and O–H groups in total. The Morgan fingerprint density at radius 2 is 2.37 bits per heavy atom. The lowest BCUT2D eigenvalue weighted by Crippen LogP contribution is -2.13. The minimum atomic E-state index is -0.0872. The number of hydrogen-bond acceptors (Lipinski definition) is 3. The molecule has 0 aliphatic carbocycles. The molecule has 0 fully saturated rings. The van der Waals surface area contributed by atoms with E-state index in [1.54, 1.807) is 6.20 Å². The molecule has 2 heterocycles. The second-order valence-electron chi connectivity index (χ2n) is 4.07. The number of fused-ring (bicyclic) bond motifs is 1. The van der Waals surface area contributed by atoms with E-state index in [4.69, 9.17) is 11.6 Å². The molecule has 0 spiro atoms. The molecular formula is C13H10ClN3OS. The quantitative estimate of drug-likeness (QED) is 0.776. The van der Waals surface area contributed by atoms with Gasteiger partial charge < -0.3 is 10.3 Å². The molecule has 4 nitrogen and oxygen atoms in total. The maximum atomic E-state index is 11.9. The van der Waals surface area contributed by atoms with Gasteiger partial charge in [0.15, 0.2) is 5.13 Å². The summed E-state index contributed by atoms with van der Waals surface area (Å²) in [5.41, 5.74) is 1.90. The number of carbonyl (C=O) groups is 1. The normalized spacial score (nSPS) is 10.8. The highest BCUT2D eigenvalue weighted by Gasteiger charge is 2.10. The molecule has 6 heteroatoms. The lowest BCUT2D eigenvalue weighted by atomic mass is 10.1. The molecule has 0 aliphatic rings. The van der Waals surface area contributed by atoms with E-state index in [1.807, 2.05) is 29.8 Å². The number of carbonyl (C=O) groups excluding carboxylic acids is 1. The molecule has 3 aromatic rings. The Hall–Kier alpha value is -1.85. The fraction of sp³-hybridized carbons (Fsp3) is 0.0769. The van der Waals surface area contributed by atoms with Crippen molar-refractivity contribution in [2.75, 3.05) is 5.32 Å².